The molecule has 0 saturated heterocycles. The van der Waals surface area contributed by atoms with Crippen LogP contribution in [0.15, 0.2) is 229 Å². The van der Waals surface area contributed by atoms with E-state index >= 15 is 0 Å². The molecule has 77 heavy (non-hydrogen) atoms. The smallest absolute Gasteiger partial charge is 0.227 e. The molecule has 3 nitrogen and oxygen atoms in total. The highest BCUT2D eigenvalue weighted by Crippen LogP contribution is 2.65. The third-order valence-corrected chi connectivity index (χ3v) is 19.7. The van der Waals surface area contributed by atoms with Gasteiger partial charge in [-0.05, 0) is 206 Å². The number of benzene rings is 10. The Balaban J connectivity index is 0.739. The van der Waals surface area contributed by atoms with Crippen LogP contribution in [0.2, 0.25) is 0 Å². The van der Waals surface area contributed by atoms with Crippen molar-refractivity contribution in [1.82, 2.24) is 4.98 Å². The molecule has 10 aromatic carbocycles. The largest absolute Gasteiger partial charge is 0.436 e. The van der Waals surface area contributed by atoms with Crippen LogP contribution in [-0.2, 0) is 5.41 Å². The Morgan fingerprint density at radius 2 is 1.10 bits per heavy atom. The molecular formula is C73H56N2OS. The van der Waals surface area contributed by atoms with Crippen molar-refractivity contribution >= 4 is 59.7 Å². The fourth-order valence-corrected chi connectivity index (χ4v) is 16.3. The van der Waals surface area contributed by atoms with Crippen LogP contribution in [0.1, 0.15) is 62.1 Å². The quantitative estimate of drug-likeness (QED) is 0.144. The van der Waals surface area contributed by atoms with Gasteiger partial charge in [-0.3, -0.25) is 0 Å². The van der Waals surface area contributed by atoms with Gasteiger partial charge >= 0.3 is 0 Å². The van der Waals surface area contributed by atoms with Crippen LogP contribution < -0.4 is 4.90 Å². The lowest BCUT2D eigenvalue weighted by Crippen LogP contribution is -2.22. The molecule has 2 aromatic heterocycles. The number of hydrogen-bond donors (Lipinski definition) is 0. The lowest BCUT2D eigenvalue weighted by molar-refractivity contribution is 0.249. The number of oxazole rings is 1. The molecule has 4 saturated carbocycles. The van der Waals surface area contributed by atoms with Gasteiger partial charge in [0.15, 0.2) is 5.58 Å². The molecule has 4 heteroatoms. The SMILES string of the molecule is CC1(C)c2cc(-c3ccc(N(c4ccc(-c5ccc6c(c5)sc5cccc(-c7ccccc7)c56)cc4)c4ccc(-c5nc6ccccc6o5)cc4)cc3)ccc2-c2c(-c3ccccc3C3C4CC5CC(C4)C3C5)cccc21. The summed E-state index contributed by atoms with van der Waals surface area (Å²) in [6, 6.07) is 83.0. The topological polar surface area (TPSA) is 29.3 Å². The molecule has 5 aliphatic carbocycles. The van der Waals surface area contributed by atoms with Crippen LogP contribution in [0.5, 0.6) is 0 Å². The van der Waals surface area contributed by atoms with E-state index in [2.05, 4.69) is 219 Å². The summed E-state index contributed by atoms with van der Waals surface area (Å²) in [5.74, 6) is 4.95. The maximum atomic E-state index is 6.21. The van der Waals surface area contributed by atoms with E-state index in [1.807, 2.05) is 35.6 Å². The van der Waals surface area contributed by atoms with Gasteiger partial charge in [0, 0.05) is 48.2 Å². The van der Waals surface area contributed by atoms with Crippen LogP contribution in [0.25, 0.3) is 98.4 Å². The number of aromatic nitrogens is 1. The Kier molecular flexibility index (Phi) is 10.1. The summed E-state index contributed by atoms with van der Waals surface area (Å²) in [6.07, 6.45) is 5.79. The van der Waals surface area contributed by atoms with Crippen molar-refractivity contribution in [2.75, 3.05) is 4.90 Å². The van der Waals surface area contributed by atoms with Crippen molar-refractivity contribution in [2.24, 2.45) is 23.7 Å². The highest BCUT2D eigenvalue weighted by atomic mass is 32.1. The van der Waals surface area contributed by atoms with Crippen LogP contribution >= 0.6 is 11.3 Å². The lowest BCUT2D eigenvalue weighted by atomic mass is 9.71. The first-order valence-electron chi connectivity index (χ1n) is 27.7. The lowest BCUT2D eigenvalue weighted by Gasteiger charge is -2.34. The Morgan fingerprint density at radius 1 is 0.468 bits per heavy atom. The molecule has 17 rings (SSSR count). The summed E-state index contributed by atoms with van der Waals surface area (Å²) < 4.78 is 8.81. The van der Waals surface area contributed by atoms with Gasteiger partial charge in [-0.2, -0.15) is 0 Å². The molecule has 0 aliphatic heterocycles. The van der Waals surface area contributed by atoms with Gasteiger partial charge in [0.25, 0.3) is 0 Å². The summed E-state index contributed by atoms with van der Waals surface area (Å²) in [5.41, 5.74) is 23.1. The molecular weight excluding hydrogens is 953 g/mol. The summed E-state index contributed by atoms with van der Waals surface area (Å²) in [7, 11) is 0. The van der Waals surface area contributed by atoms with Gasteiger partial charge < -0.3 is 9.32 Å². The number of para-hydroxylation sites is 2. The second-order valence-corrected chi connectivity index (χ2v) is 24.1. The molecule has 5 atom stereocenters. The number of hydrogen-bond acceptors (Lipinski definition) is 4. The van der Waals surface area contributed by atoms with Crippen molar-refractivity contribution in [3.05, 3.63) is 241 Å². The van der Waals surface area contributed by atoms with Gasteiger partial charge in [-0.15, -0.1) is 11.3 Å². The fourth-order valence-electron chi connectivity index (χ4n) is 15.1. The Labute approximate surface area is 454 Å². The molecule has 0 spiro atoms. The van der Waals surface area contributed by atoms with Gasteiger partial charge in [0.2, 0.25) is 5.89 Å². The van der Waals surface area contributed by atoms with E-state index in [1.54, 1.807) is 5.56 Å². The van der Waals surface area contributed by atoms with Gasteiger partial charge in [-0.25, -0.2) is 4.98 Å². The van der Waals surface area contributed by atoms with Gasteiger partial charge in [-0.1, -0.05) is 159 Å². The normalized spacial score (nSPS) is 19.6. The number of anilines is 3. The summed E-state index contributed by atoms with van der Waals surface area (Å²) in [6.45, 7) is 4.86. The molecule has 5 aliphatic rings. The molecule has 2 heterocycles. The predicted molar refractivity (Wildman–Crippen MR) is 321 cm³/mol. The van der Waals surface area contributed by atoms with Gasteiger partial charge in [0.05, 0.1) is 0 Å². The van der Waals surface area contributed by atoms with E-state index in [-0.39, 0.29) is 5.41 Å². The molecule has 0 N–H and O–H groups in total. The first-order chi connectivity index (χ1) is 37.9. The first kappa shape index (κ1) is 44.9. The number of thiophene rings is 1. The van der Waals surface area contributed by atoms with Crippen molar-refractivity contribution in [1.29, 1.82) is 0 Å². The molecule has 4 fully saturated rings. The zero-order chi connectivity index (χ0) is 50.9. The van der Waals surface area contributed by atoms with Crippen LogP contribution in [-0.4, -0.2) is 4.98 Å². The Hall–Kier alpha value is -8.31. The summed E-state index contributed by atoms with van der Waals surface area (Å²) >= 11 is 1.87. The molecule has 5 unspecified atom stereocenters. The Bertz CT molecular complexity index is 4240. The molecule has 0 radical (unpaired) electrons. The highest BCUT2D eigenvalue weighted by molar-refractivity contribution is 7.26. The zero-order valence-corrected chi connectivity index (χ0v) is 44.1. The van der Waals surface area contributed by atoms with Gasteiger partial charge in [0.1, 0.15) is 5.52 Å². The second-order valence-electron chi connectivity index (χ2n) is 23.0. The predicted octanol–water partition coefficient (Wildman–Crippen LogP) is 20.5. The van der Waals surface area contributed by atoms with Crippen molar-refractivity contribution in [2.45, 2.75) is 50.9 Å². The number of fused-ring (bicyclic) bond motifs is 7. The fraction of sp³-hybridized carbons (Fsp3) is 0.164. The standard InChI is InChI=1S/C73H56N2OS/c1-73(2)63-18-10-17-59(57-14-6-7-15-58(57)69-52-39-44-38-51(41-52)62(69)40-44)70(63)60-36-28-49(42-64(60)73)45-22-30-53(31-23-45)75(55-34-26-48(27-35-55)72-74-65-19-8-9-20-66(65)76-72)54-32-24-46(25-33-54)50-29-37-61-68(43-50)77-67-21-11-16-56(71(61)67)47-12-4-3-5-13-47/h3-37,42-44,51-52,62,69H,38-41H2,1-2H3. The first-order valence-corrected chi connectivity index (χ1v) is 28.5. The van der Waals surface area contributed by atoms with E-state index in [0.717, 1.165) is 57.4 Å². The zero-order valence-electron chi connectivity index (χ0n) is 43.3. The third kappa shape index (κ3) is 7.18. The average Bonchev–Trinajstić information content (AvgIpc) is 4.31. The summed E-state index contributed by atoms with van der Waals surface area (Å²) in [4.78, 5) is 7.17. The van der Waals surface area contributed by atoms with Crippen LogP contribution in [0.3, 0.4) is 0 Å². The monoisotopic (exact) mass is 1010 g/mol. The van der Waals surface area contributed by atoms with E-state index in [9.17, 15) is 0 Å². The third-order valence-electron chi connectivity index (χ3n) is 18.5. The van der Waals surface area contributed by atoms with Crippen molar-refractivity contribution < 1.29 is 4.42 Å². The van der Waals surface area contributed by atoms with E-state index in [4.69, 9.17) is 9.40 Å². The molecule has 0 amide bonds. The van der Waals surface area contributed by atoms with Crippen molar-refractivity contribution in [3.63, 3.8) is 0 Å². The molecule has 370 valence electrons. The minimum Gasteiger partial charge on any atom is -0.436 e. The molecule has 4 bridgehead atoms. The van der Waals surface area contributed by atoms with Crippen molar-refractivity contribution in [3.8, 4) is 67.1 Å². The number of nitrogens with zero attached hydrogens (tertiary/aromatic N) is 2. The maximum Gasteiger partial charge on any atom is 0.227 e. The molecule has 12 aromatic rings. The van der Waals surface area contributed by atoms with Crippen LogP contribution in [0, 0.1) is 23.7 Å². The van der Waals surface area contributed by atoms with E-state index in [1.165, 1.54) is 113 Å². The average molecular weight is 1010 g/mol. The van der Waals surface area contributed by atoms with Crippen LogP contribution in [0.4, 0.5) is 17.1 Å². The maximum absolute atomic E-state index is 6.21. The van der Waals surface area contributed by atoms with E-state index < -0.39 is 0 Å². The Morgan fingerprint density at radius 3 is 1.87 bits per heavy atom. The highest BCUT2D eigenvalue weighted by Gasteiger charge is 2.54. The minimum atomic E-state index is -0.140. The van der Waals surface area contributed by atoms with E-state index in [0.29, 0.717) is 11.8 Å². The number of rotatable bonds is 9. The minimum absolute atomic E-state index is 0.140. The second kappa shape index (κ2) is 17.4. The summed E-state index contributed by atoms with van der Waals surface area (Å²) in [5, 5.41) is 2.63.